The third-order valence-electron chi connectivity index (χ3n) is 6.35. The number of benzene rings is 3. The Kier molecular flexibility index (Phi) is 12.2. The van der Waals surface area contributed by atoms with E-state index in [1.165, 1.54) is 23.1 Å². The summed E-state index contributed by atoms with van der Waals surface area (Å²) in [7, 11) is -4.01. The smallest absolute Gasteiger partial charge is 0.244 e. The molecule has 0 fully saturated rings. The van der Waals surface area contributed by atoms with Crippen LogP contribution in [0.3, 0.4) is 0 Å². The molecule has 0 aliphatic heterocycles. The maximum Gasteiger partial charge on any atom is 0.244 e. The van der Waals surface area contributed by atoms with Crippen molar-refractivity contribution in [1.82, 2.24) is 10.2 Å². The number of hydrogen-bond acceptors (Lipinski definition) is 4. The van der Waals surface area contributed by atoms with Gasteiger partial charge >= 0.3 is 0 Å². The molecule has 3 rings (SSSR count). The number of carbonyl (C=O) groups is 2. The molecule has 0 aromatic heterocycles. The number of unbranched alkanes of at least 4 members (excludes halogenated alkanes) is 1. The number of amides is 2. The standard InChI is InChI=1S/C29H31Cl4N3O4S/c1-3-4-15-34-29(38)27(16-20-9-6-5-7-10-20)35(18-22-23(31)11-8-12-24(22)32)28(37)19-36(41(2,39)40)26-17-21(30)13-14-25(26)33/h5-14,17,27H,3-4,15-16,18-19H2,1-2H3,(H,34,38)/t27-/m0/s1. The third-order valence-corrected chi connectivity index (χ3v) is 8.74. The molecule has 0 saturated carbocycles. The van der Waals surface area contributed by atoms with Crippen molar-refractivity contribution in [2.45, 2.75) is 38.8 Å². The molecule has 1 atom stereocenters. The molecule has 0 aliphatic rings. The quantitative estimate of drug-likeness (QED) is 0.209. The summed E-state index contributed by atoms with van der Waals surface area (Å²) >= 11 is 25.4. The van der Waals surface area contributed by atoms with Gasteiger partial charge in [-0.15, -0.1) is 0 Å². The van der Waals surface area contributed by atoms with E-state index in [1.807, 2.05) is 37.3 Å². The number of nitrogens with zero attached hydrogens (tertiary/aromatic N) is 2. The highest BCUT2D eigenvalue weighted by Crippen LogP contribution is 2.32. The Hall–Kier alpha value is -2.49. The first-order valence-electron chi connectivity index (χ1n) is 12.9. The van der Waals surface area contributed by atoms with Crippen LogP contribution in [-0.4, -0.2) is 50.5 Å². The summed E-state index contributed by atoms with van der Waals surface area (Å²) in [6.45, 7) is 1.64. The van der Waals surface area contributed by atoms with Crippen LogP contribution >= 0.6 is 46.4 Å². The van der Waals surface area contributed by atoms with E-state index in [1.54, 1.807) is 18.2 Å². The second-order valence-corrected chi connectivity index (χ2v) is 13.0. The van der Waals surface area contributed by atoms with Crippen molar-refractivity contribution in [1.29, 1.82) is 0 Å². The minimum absolute atomic E-state index is 0.0396. The van der Waals surface area contributed by atoms with Gasteiger partial charge in [-0.25, -0.2) is 8.42 Å². The average molecular weight is 659 g/mol. The Morgan fingerprint density at radius 3 is 2.17 bits per heavy atom. The van der Waals surface area contributed by atoms with Crippen LogP contribution in [0.2, 0.25) is 20.1 Å². The number of anilines is 1. The fourth-order valence-corrected chi connectivity index (χ4v) is 5.99. The monoisotopic (exact) mass is 657 g/mol. The molecule has 0 unspecified atom stereocenters. The molecule has 0 bridgehead atoms. The zero-order valence-corrected chi connectivity index (χ0v) is 26.5. The predicted octanol–water partition coefficient (Wildman–Crippen LogP) is 6.62. The number of nitrogens with one attached hydrogen (secondary N) is 1. The molecule has 3 aromatic rings. The molecule has 0 heterocycles. The van der Waals surface area contributed by atoms with Crippen molar-refractivity contribution < 1.29 is 18.0 Å². The highest BCUT2D eigenvalue weighted by molar-refractivity contribution is 7.92. The van der Waals surface area contributed by atoms with E-state index >= 15 is 0 Å². The van der Waals surface area contributed by atoms with Gasteiger partial charge in [-0.3, -0.25) is 13.9 Å². The molecule has 0 aliphatic carbocycles. The zero-order valence-electron chi connectivity index (χ0n) is 22.6. The largest absolute Gasteiger partial charge is 0.354 e. The molecule has 220 valence electrons. The number of hydrogen-bond donors (Lipinski definition) is 1. The highest BCUT2D eigenvalue weighted by Gasteiger charge is 2.34. The molecule has 7 nitrogen and oxygen atoms in total. The van der Waals surface area contributed by atoms with Gasteiger partial charge in [0.05, 0.1) is 17.0 Å². The van der Waals surface area contributed by atoms with Gasteiger partial charge in [-0.1, -0.05) is 96.1 Å². The minimum atomic E-state index is -4.01. The maximum absolute atomic E-state index is 14.1. The lowest BCUT2D eigenvalue weighted by Gasteiger charge is -2.34. The first-order valence-corrected chi connectivity index (χ1v) is 16.2. The summed E-state index contributed by atoms with van der Waals surface area (Å²) in [6.07, 6.45) is 2.75. The van der Waals surface area contributed by atoms with Crippen LogP contribution in [0.4, 0.5) is 5.69 Å². The Morgan fingerprint density at radius 2 is 1.56 bits per heavy atom. The van der Waals surface area contributed by atoms with Crippen LogP contribution in [-0.2, 0) is 32.6 Å². The van der Waals surface area contributed by atoms with Crippen molar-refractivity contribution >= 4 is 73.9 Å². The third kappa shape index (κ3) is 9.25. The van der Waals surface area contributed by atoms with Gasteiger partial charge < -0.3 is 10.2 Å². The Morgan fingerprint density at radius 1 is 0.902 bits per heavy atom. The summed E-state index contributed by atoms with van der Waals surface area (Å²) in [5, 5.41) is 3.85. The molecule has 1 N–H and O–H groups in total. The van der Waals surface area contributed by atoms with Gasteiger partial charge in [0.25, 0.3) is 0 Å². The second kappa shape index (κ2) is 15.1. The topological polar surface area (TPSA) is 86.8 Å². The predicted molar refractivity (Wildman–Crippen MR) is 168 cm³/mol. The molecular formula is C29H31Cl4N3O4S. The van der Waals surface area contributed by atoms with E-state index in [-0.39, 0.29) is 34.6 Å². The van der Waals surface area contributed by atoms with E-state index in [0.29, 0.717) is 22.2 Å². The van der Waals surface area contributed by atoms with Crippen LogP contribution in [0.25, 0.3) is 0 Å². The molecule has 0 radical (unpaired) electrons. The van der Waals surface area contributed by atoms with Crippen LogP contribution in [0, 0.1) is 0 Å². The first kappa shape index (κ1) is 33.0. The van der Waals surface area contributed by atoms with Crippen LogP contribution in [0.5, 0.6) is 0 Å². The van der Waals surface area contributed by atoms with Gasteiger partial charge in [-0.05, 0) is 42.3 Å². The molecule has 0 spiro atoms. The number of rotatable bonds is 13. The van der Waals surface area contributed by atoms with E-state index in [9.17, 15) is 18.0 Å². The molecule has 0 saturated heterocycles. The molecule has 12 heteroatoms. The maximum atomic E-state index is 14.1. The molecule has 3 aromatic carbocycles. The lowest BCUT2D eigenvalue weighted by molar-refractivity contribution is -0.140. The summed E-state index contributed by atoms with van der Waals surface area (Å²) in [5.74, 6) is -1.04. The lowest BCUT2D eigenvalue weighted by Crippen LogP contribution is -2.53. The SMILES string of the molecule is CCCCNC(=O)[C@H](Cc1ccccc1)N(Cc1c(Cl)cccc1Cl)C(=O)CN(c1cc(Cl)ccc1Cl)S(C)(=O)=O. The van der Waals surface area contributed by atoms with E-state index in [0.717, 1.165) is 29.0 Å². The van der Waals surface area contributed by atoms with Crippen LogP contribution < -0.4 is 9.62 Å². The van der Waals surface area contributed by atoms with Crippen molar-refractivity contribution in [3.05, 3.63) is 97.9 Å². The number of carbonyl (C=O) groups excluding carboxylic acids is 2. The van der Waals surface area contributed by atoms with Crippen LogP contribution in [0.1, 0.15) is 30.9 Å². The van der Waals surface area contributed by atoms with E-state index < -0.39 is 28.5 Å². The first-order chi connectivity index (χ1) is 19.4. The fraction of sp³-hybridized carbons (Fsp3) is 0.310. The van der Waals surface area contributed by atoms with E-state index in [4.69, 9.17) is 46.4 Å². The summed E-state index contributed by atoms with van der Waals surface area (Å²) in [4.78, 5) is 29.1. The van der Waals surface area contributed by atoms with Gasteiger partial charge in [-0.2, -0.15) is 0 Å². The zero-order chi connectivity index (χ0) is 30.2. The Labute approximate surface area is 261 Å². The van der Waals surface area contributed by atoms with Crippen molar-refractivity contribution in [2.75, 3.05) is 23.7 Å². The van der Waals surface area contributed by atoms with Gasteiger partial charge in [0.15, 0.2) is 0 Å². The lowest BCUT2D eigenvalue weighted by atomic mass is 10.0. The Bertz CT molecular complexity index is 1450. The molecule has 2 amide bonds. The molecule has 41 heavy (non-hydrogen) atoms. The second-order valence-electron chi connectivity index (χ2n) is 9.44. The Balaban J connectivity index is 2.11. The molecular weight excluding hydrogens is 628 g/mol. The summed E-state index contributed by atoms with van der Waals surface area (Å²) in [5.41, 5.74) is 1.28. The fourth-order valence-electron chi connectivity index (χ4n) is 4.19. The number of sulfonamides is 1. The van der Waals surface area contributed by atoms with Gasteiger partial charge in [0, 0.05) is 40.1 Å². The summed E-state index contributed by atoms with van der Waals surface area (Å²) in [6, 6.07) is 17.5. The highest BCUT2D eigenvalue weighted by atomic mass is 35.5. The summed E-state index contributed by atoms with van der Waals surface area (Å²) < 4.78 is 26.7. The van der Waals surface area contributed by atoms with Crippen LogP contribution in [0.15, 0.2) is 66.7 Å². The van der Waals surface area contributed by atoms with E-state index in [2.05, 4.69) is 5.32 Å². The normalized spacial score (nSPS) is 12.0. The van der Waals surface area contributed by atoms with Gasteiger partial charge in [0.2, 0.25) is 21.8 Å². The number of halogens is 4. The minimum Gasteiger partial charge on any atom is -0.354 e. The van der Waals surface area contributed by atoms with Gasteiger partial charge in [0.1, 0.15) is 12.6 Å². The van der Waals surface area contributed by atoms with Crippen molar-refractivity contribution in [2.24, 2.45) is 0 Å². The van der Waals surface area contributed by atoms with Crippen molar-refractivity contribution in [3.8, 4) is 0 Å². The van der Waals surface area contributed by atoms with Crippen molar-refractivity contribution in [3.63, 3.8) is 0 Å². The average Bonchev–Trinajstić information content (AvgIpc) is 2.92.